The zero-order chi connectivity index (χ0) is 11.4. The van der Waals surface area contributed by atoms with Crippen molar-refractivity contribution in [3.63, 3.8) is 0 Å². The van der Waals surface area contributed by atoms with Crippen LogP contribution in [0.4, 0.5) is 0 Å². The summed E-state index contributed by atoms with van der Waals surface area (Å²) in [5, 5.41) is 3.54. The molecular weight excluding hydrogens is 196 g/mol. The zero-order valence-electron chi connectivity index (χ0n) is 11.0. The van der Waals surface area contributed by atoms with E-state index in [1.165, 1.54) is 58.3 Å². The Balaban J connectivity index is 1.92. The first kappa shape index (κ1) is 12.4. The standard InChI is InChI=1S/C14H28N2/c1-12(2)13-5-3-4-6-14-11-15-8-10-16(14)9-7-13/h12-15H,3-11H2,1-2H3. The van der Waals surface area contributed by atoms with Gasteiger partial charge in [-0.05, 0) is 31.2 Å². The van der Waals surface area contributed by atoms with Crippen LogP contribution in [0, 0.1) is 11.8 Å². The molecule has 0 aromatic rings. The summed E-state index contributed by atoms with van der Waals surface area (Å²) in [4.78, 5) is 2.75. The van der Waals surface area contributed by atoms with Crippen molar-refractivity contribution in [2.24, 2.45) is 11.8 Å². The van der Waals surface area contributed by atoms with Gasteiger partial charge in [-0.25, -0.2) is 0 Å². The summed E-state index contributed by atoms with van der Waals surface area (Å²) in [6, 6.07) is 0.833. The molecule has 94 valence electrons. The minimum absolute atomic E-state index is 0.833. The molecule has 0 amide bonds. The predicted molar refractivity (Wildman–Crippen MR) is 69.6 cm³/mol. The van der Waals surface area contributed by atoms with E-state index in [1.807, 2.05) is 0 Å². The van der Waals surface area contributed by atoms with Gasteiger partial charge in [-0.1, -0.05) is 33.1 Å². The summed E-state index contributed by atoms with van der Waals surface area (Å²) in [6.07, 6.45) is 7.19. The van der Waals surface area contributed by atoms with Crippen molar-refractivity contribution in [3.8, 4) is 0 Å². The van der Waals surface area contributed by atoms with E-state index >= 15 is 0 Å². The highest BCUT2D eigenvalue weighted by molar-refractivity contribution is 4.82. The first-order valence-electron chi connectivity index (χ1n) is 7.22. The highest BCUT2D eigenvalue weighted by Crippen LogP contribution is 2.26. The van der Waals surface area contributed by atoms with Crippen LogP contribution in [0.1, 0.15) is 46.0 Å². The van der Waals surface area contributed by atoms with Gasteiger partial charge in [-0.2, -0.15) is 0 Å². The number of rotatable bonds is 1. The molecule has 0 aromatic carbocycles. The van der Waals surface area contributed by atoms with E-state index in [0.29, 0.717) is 0 Å². The van der Waals surface area contributed by atoms with Crippen molar-refractivity contribution in [1.29, 1.82) is 0 Å². The van der Waals surface area contributed by atoms with Crippen LogP contribution >= 0.6 is 0 Å². The van der Waals surface area contributed by atoms with Gasteiger partial charge in [-0.3, -0.25) is 4.90 Å². The first-order valence-corrected chi connectivity index (χ1v) is 7.22. The minimum Gasteiger partial charge on any atom is -0.314 e. The zero-order valence-corrected chi connectivity index (χ0v) is 11.0. The lowest BCUT2D eigenvalue weighted by Gasteiger charge is -2.36. The Hall–Kier alpha value is -0.0800. The molecule has 0 spiro atoms. The highest BCUT2D eigenvalue weighted by atomic mass is 15.2. The molecule has 2 aliphatic heterocycles. The number of hydrogen-bond acceptors (Lipinski definition) is 2. The van der Waals surface area contributed by atoms with Gasteiger partial charge in [0.2, 0.25) is 0 Å². The molecule has 0 radical (unpaired) electrons. The van der Waals surface area contributed by atoms with Crippen molar-refractivity contribution in [2.45, 2.75) is 52.0 Å². The van der Waals surface area contributed by atoms with E-state index in [1.54, 1.807) is 0 Å². The van der Waals surface area contributed by atoms with E-state index in [4.69, 9.17) is 0 Å². The van der Waals surface area contributed by atoms with Gasteiger partial charge in [0.05, 0.1) is 0 Å². The Bertz CT molecular complexity index is 203. The van der Waals surface area contributed by atoms with E-state index in [2.05, 4.69) is 24.1 Å². The van der Waals surface area contributed by atoms with E-state index < -0.39 is 0 Å². The normalized spacial score (nSPS) is 33.9. The van der Waals surface area contributed by atoms with Crippen LogP contribution in [0.2, 0.25) is 0 Å². The number of fused-ring (bicyclic) bond motifs is 1. The van der Waals surface area contributed by atoms with E-state index in [-0.39, 0.29) is 0 Å². The van der Waals surface area contributed by atoms with E-state index in [9.17, 15) is 0 Å². The van der Waals surface area contributed by atoms with Crippen LogP contribution in [-0.4, -0.2) is 37.1 Å². The second-order valence-corrected chi connectivity index (χ2v) is 5.97. The van der Waals surface area contributed by atoms with Gasteiger partial charge in [0, 0.05) is 25.7 Å². The molecule has 2 unspecified atom stereocenters. The molecule has 2 fully saturated rings. The summed E-state index contributed by atoms with van der Waals surface area (Å²) < 4.78 is 0. The lowest BCUT2D eigenvalue weighted by Crippen LogP contribution is -2.51. The fraction of sp³-hybridized carbons (Fsp3) is 1.00. The van der Waals surface area contributed by atoms with Gasteiger partial charge in [0.15, 0.2) is 0 Å². The Morgan fingerprint density at radius 3 is 2.69 bits per heavy atom. The largest absolute Gasteiger partial charge is 0.314 e. The average Bonchev–Trinajstić information content (AvgIpc) is 2.38. The third-order valence-corrected chi connectivity index (χ3v) is 4.56. The summed E-state index contributed by atoms with van der Waals surface area (Å²) in [5.74, 6) is 1.84. The molecule has 2 heteroatoms. The van der Waals surface area contributed by atoms with Crippen LogP contribution in [0.5, 0.6) is 0 Å². The lowest BCUT2D eigenvalue weighted by atomic mass is 9.88. The second kappa shape index (κ2) is 6.02. The van der Waals surface area contributed by atoms with Crippen LogP contribution in [0.25, 0.3) is 0 Å². The van der Waals surface area contributed by atoms with Gasteiger partial charge < -0.3 is 5.32 Å². The SMILES string of the molecule is CC(C)C1CCCCC2CNCCN2CC1. The topological polar surface area (TPSA) is 15.3 Å². The fourth-order valence-electron chi connectivity index (χ4n) is 3.31. The molecular formula is C14H28N2. The molecule has 1 N–H and O–H groups in total. The molecule has 2 nitrogen and oxygen atoms in total. The fourth-order valence-corrected chi connectivity index (χ4v) is 3.31. The second-order valence-electron chi connectivity index (χ2n) is 5.97. The smallest absolute Gasteiger partial charge is 0.0221 e. The molecule has 2 rings (SSSR count). The van der Waals surface area contributed by atoms with Crippen molar-refractivity contribution in [1.82, 2.24) is 10.2 Å². The van der Waals surface area contributed by atoms with Crippen LogP contribution in [0.15, 0.2) is 0 Å². The maximum Gasteiger partial charge on any atom is 0.0221 e. The molecule has 0 aliphatic carbocycles. The maximum atomic E-state index is 3.54. The monoisotopic (exact) mass is 224 g/mol. The average molecular weight is 224 g/mol. The summed E-state index contributed by atoms with van der Waals surface area (Å²) in [7, 11) is 0. The Morgan fingerprint density at radius 2 is 1.88 bits per heavy atom. The number of hydrogen-bond donors (Lipinski definition) is 1. The summed E-state index contributed by atoms with van der Waals surface area (Å²) in [6.45, 7) is 9.84. The van der Waals surface area contributed by atoms with Crippen LogP contribution in [-0.2, 0) is 0 Å². The molecule has 2 heterocycles. The third kappa shape index (κ3) is 3.21. The van der Waals surface area contributed by atoms with Crippen molar-refractivity contribution in [2.75, 3.05) is 26.2 Å². The van der Waals surface area contributed by atoms with E-state index in [0.717, 1.165) is 17.9 Å². The Labute approximate surface area is 101 Å². The summed E-state index contributed by atoms with van der Waals surface area (Å²) >= 11 is 0. The van der Waals surface area contributed by atoms with Gasteiger partial charge in [-0.15, -0.1) is 0 Å². The van der Waals surface area contributed by atoms with Gasteiger partial charge in [0.25, 0.3) is 0 Å². The van der Waals surface area contributed by atoms with Crippen molar-refractivity contribution < 1.29 is 0 Å². The van der Waals surface area contributed by atoms with Crippen LogP contribution in [0.3, 0.4) is 0 Å². The number of nitrogens with zero attached hydrogens (tertiary/aromatic N) is 1. The third-order valence-electron chi connectivity index (χ3n) is 4.56. The quantitative estimate of drug-likeness (QED) is 0.736. The molecule has 2 aliphatic rings. The number of piperazine rings is 1. The number of nitrogens with one attached hydrogen (secondary N) is 1. The first-order chi connectivity index (χ1) is 7.77. The predicted octanol–water partition coefficient (Wildman–Crippen LogP) is 2.50. The molecule has 16 heavy (non-hydrogen) atoms. The van der Waals surface area contributed by atoms with Gasteiger partial charge in [0.1, 0.15) is 0 Å². The molecule has 0 aromatic heterocycles. The molecule has 0 saturated carbocycles. The lowest BCUT2D eigenvalue weighted by molar-refractivity contribution is 0.143. The molecule has 2 atom stereocenters. The summed E-state index contributed by atoms with van der Waals surface area (Å²) in [5.41, 5.74) is 0. The Kier molecular flexibility index (Phi) is 4.66. The van der Waals surface area contributed by atoms with Crippen molar-refractivity contribution in [3.05, 3.63) is 0 Å². The minimum atomic E-state index is 0.833. The Morgan fingerprint density at radius 1 is 1.06 bits per heavy atom. The maximum absolute atomic E-state index is 3.54. The van der Waals surface area contributed by atoms with Gasteiger partial charge >= 0.3 is 0 Å². The van der Waals surface area contributed by atoms with Crippen LogP contribution < -0.4 is 5.32 Å². The molecule has 0 bridgehead atoms. The molecule has 2 saturated heterocycles. The highest BCUT2D eigenvalue weighted by Gasteiger charge is 2.24. The van der Waals surface area contributed by atoms with Crippen molar-refractivity contribution >= 4 is 0 Å².